The Hall–Kier alpha value is -7.43. The molecule has 9 aromatic carbocycles. The highest BCUT2D eigenvalue weighted by atomic mass is 15.5. The minimum atomic E-state index is 0.849. The number of nitrogens with zero attached hydrogens (tertiary/aromatic N) is 4. The highest BCUT2D eigenvalue weighted by molar-refractivity contribution is 6.22. The number of pyridine rings is 1. The first-order valence-electron chi connectivity index (χ1n) is 18.6. The second kappa shape index (κ2) is 12.6. The number of fused-ring (bicyclic) bond motifs is 6. The van der Waals surface area contributed by atoms with Crippen molar-refractivity contribution in [1.82, 2.24) is 20.0 Å². The van der Waals surface area contributed by atoms with Gasteiger partial charge in [-0.05, 0) is 113 Å². The summed E-state index contributed by atoms with van der Waals surface area (Å²) in [6.07, 6.45) is 3.67. The van der Waals surface area contributed by atoms with E-state index in [9.17, 15) is 0 Å². The zero-order chi connectivity index (χ0) is 36.3. The van der Waals surface area contributed by atoms with Crippen molar-refractivity contribution in [3.63, 3.8) is 0 Å². The smallest absolute Gasteiger partial charge is 0.121 e. The van der Waals surface area contributed by atoms with Crippen molar-refractivity contribution in [3.8, 4) is 50.2 Å². The summed E-state index contributed by atoms with van der Waals surface area (Å²) >= 11 is 0. The maximum absolute atomic E-state index is 5.06. The van der Waals surface area contributed by atoms with Gasteiger partial charge >= 0.3 is 0 Å². The van der Waals surface area contributed by atoms with Crippen LogP contribution in [0, 0.1) is 0 Å². The summed E-state index contributed by atoms with van der Waals surface area (Å²) in [7, 11) is 0. The van der Waals surface area contributed by atoms with Crippen LogP contribution < -0.4 is 0 Å². The van der Waals surface area contributed by atoms with Crippen LogP contribution in [0.2, 0.25) is 0 Å². The van der Waals surface area contributed by atoms with Crippen LogP contribution in [0.25, 0.3) is 104 Å². The number of hydrogen-bond donors (Lipinski definition) is 0. The lowest BCUT2D eigenvalue weighted by atomic mass is 9.85. The minimum absolute atomic E-state index is 0.849. The van der Waals surface area contributed by atoms with E-state index in [2.05, 4.69) is 169 Å². The summed E-state index contributed by atoms with van der Waals surface area (Å²) in [6.45, 7) is 0. The van der Waals surface area contributed by atoms with Crippen molar-refractivity contribution < 1.29 is 0 Å². The number of aromatic nitrogens is 4. The predicted molar refractivity (Wildman–Crippen MR) is 228 cm³/mol. The van der Waals surface area contributed by atoms with Crippen LogP contribution >= 0.6 is 0 Å². The van der Waals surface area contributed by atoms with Crippen LogP contribution in [0.5, 0.6) is 0 Å². The normalized spacial score (nSPS) is 11.6. The van der Waals surface area contributed by atoms with Gasteiger partial charge in [0.05, 0.1) is 5.69 Å². The molecule has 55 heavy (non-hydrogen) atoms. The van der Waals surface area contributed by atoms with Crippen LogP contribution in [-0.2, 0) is 0 Å². The van der Waals surface area contributed by atoms with E-state index in [-0.39, 0.29) is 0 Å². The van der Waals surface area contributed by atoms with E-state index < -0.39 is 0 Å². The third kappa shape index (κ3) is 5.19. The average Bonchev–Trinajstić information content (AvgIpc) is 3.70. The zero-order valence-electron chi connectivity index (χ0n) is 29.8. The van der Waals surface area contributed by atoms with Crippen molar-refractivity contribution in [1.29, 1.82) is 0 Å². The van der Waals surface area contributed by atoms with Crippen LogP contribution in [0.1, 0.15) is 0 Å². The maximum atomic E-state index is 5.06. The molecule has 0 radical (unpaired) electrons. The van der Waals surface area contributed by atoms with Gasteiger partial charge in [0.25, 0.3) is 0 Å². The molecule has 0 N–H and O–H groups in total. The molecule has 0 saturated heterocycles. The van der Waals surface area contributed by atoms with Crippen molar-refractivity contribution in [3.05, 3.63) is 194 Å². The molecule has 0 spiro atoms. The molecule has 0 saturated carbocycles. The second-order valence-electron chi connectivity index (χ2n) is 14.1. The molecule has 0 aliphatic heterocycles. The molecule has 11 aromatic rings. The minimum Gasteiger partial charge on any atom is -0.264 e. The van der Waals surface area contributed by atoms with E-state index >= 15 is 0 Å². The van der Waals surface area contributed by atoms with Gasteiger partial charge in [0, 0.05) is 23.3 Å². The quantitative estimate of drug-likeness (QED) is 0.168. The number of benzene rings is 9. The van der Waals surface area contributed by atoms with Crippen LogP contribution in [-0.4, -0.2) is 20.0 Å². The molecule has 2 aromatic heterocycles. The second-order valence-corrected chi connectivity index (χ2v) is 14.1. The fraction of sp³-hybridized carbons (Fsp3) is 0. The molecular formula is C51H32N4. The fourth-order valence-corrected chi connectivity index (χ4v) is 8.38. The van der Waals surface area contributed by atoms with Crippen LogP contribution in [0.4, 0.5) is 0 Å². The van der Waals surface area contributed by atoms with Gasteiger partial charge in [0.15, 0.2) is 0 Å². The molecule has 0 amide bonds. The summed E-state index contributed by atoms with van der Waals surface area (Å²) in [5.74, 6) is 0. The van der Waals surface area contributed by atoms with Gasteiger partial charge in [0.1, 0.15) is 11.0 Å². The Morgan fingerprint density at radius 3 is 1.69 bits per heavy atom. The molecule has 0 aliphatic carbocycles. The summed E-state index contributed by atoms with van der Waals surface area (Å²) < 4.78 is 0. The summed E-state index contributed by atoms with van der Waals surface area (Å²) in [5.41, 5.74) is 11.9. The Morgan fingerprint density at radius 2 is 0.964 bits per heavy atom. The van der Waals surface area contributed by atoms with Crippen molar-refractivity contribution >= 4 is 54.1 Å². The molecule has 0 atom stereocenters. The summed E-state index contributed by atoms with van der Waals surface area (Å²) in [4.78, 5) is 6.07. The Bertz CT molecular complexity index is 3210. The standard InChI is InChI=1S/C51H32N4/c1-2-13-34-28-38(26-25-33(34)12-1)50-44-22-6-4-20-42(44)49(43-21-5-7-23-45(43)50)37-16-9-15-36(29-37)47-31-48-51(46-24-8-3-19-41(46)47)54-55(53-48)40-18-10-14-35(30-40)39-17-11-27-52-32-39/h1-32H. The number of hydrogen-bond acceptors (Lipinski definition) is 3. The topological polar surface area (TPSA) is 43.6 Å². The Kier molecular flexibility index (Phi) is 7.14. The van der Waals surface area contributed by atoms with Gasteiger partial charge in [-0.3, -0.25) is 4.98 Å². The van der Waals surface area contributed by atoms with E-state index in [1.165, 1.54) is 54.6 Å². The molecule has 0 aliphatic rings. The summed E-state index contributed by atoms with van der Waals surface area (Å²) in [5, 5.41) is 19.8. The Labute approximate surface area is 317 Å². The SMILES string of the molecule is c1cncc(-c2cccc(-n3nc4cc(-c5cccc(-c6c7ccccc7c(-c7ccc8ccccc8c7)c7ccccc67)c5)c5ccccc5c4n3)c2)c1. The molecular weight excluding hydrogens is 669 g/mol. The van der Waals surface area contributed by atoms with Gasteiger partial charge in [-0.1, -0.05) is 146 Å². The first-order valence-corrected chi connectivity index (χ1v) is 18.6. The maximum Gasteiger partial charge on any atom is 0.121 e. The molecule has 11 rings (SSSR count). The molecule has 0 unspecified atom stereocenters. The third-order valence-electron chi connectivity index (χ3n) is 10.9. The fourth-order valence-electron chi connectivity index (χ4n) is 8.38. The lowest BCUT2D eigenvalue weighted by Crippen LogP contribution is -1.98. The van der Waals surface area contributed by atoms with Gasteiger partial charge in [0.2, 0.25) is 0 Å². The van der Waals surface area contributed by atoms with Gasteiger partial charge in [-0.2, -0.15) is 4.80 Å². The van der Waals surface area contributed by atoms with Gasteiger partial charge < -0.3 is 0 Å². The number of rotatable bonds is 5. The van der Waals surface area contributed by atoms with Gasteiger partial charge in [-0.25, -0.2) is 0 Å². The molecule has 0 bridgehead atoms. The van der Waals surface area contributed by atoms with E-state index in [1.807, 2.05) is 24.4 Å². The Morgan fingerprint density at radius 1 is 0.364 bits per heavy atom. The first-order chi connectivity index (χ1) is 27.3. The molecule has 4 nitrogen and oxygen atoms in total. The highest BCUT2D eigenvalue weighted by Gasteiger charge is 2.19. The lowest BCUT2D eigenvalue weighted by Gasteiger charge is -2.18. The van der Waals surface area contributed by atoms with Gasteiger partial charge in [-0.15, -0.1) is 10.2 Å². The molecule has 256 valence electrons. The molecule has 0 fully saturated rings. The molecule has 2 heterocycles. The zero-order valence-corrected chi connectivity index (χ0v) is 29.8. The summed E-state index contributed by atoms with van der Waals surface area (Å²) in [6, 6.07) is 65.2. The predicted octanol–water partition coefficient (Wildman–Crippen LogP) is 13.1. The average molecular weight is 701 g/mol. The van der Waals surface area contributed by atoms with Crippen molar-refractivity contribution in [2.75, 3.05) is 0 Å². The van der Waals surface area contributed by atoms with E-state index in [4.69, 9.17) is 10.2 Å². The van der Waals surface area contributed by atoms with E-state index in [1.54, 1.807) is 11.0 Å². The van der Waals surface area contributed by atoms with Crippen molar-refractivity contribution in [2.24, 2.45) is 0 Å². The molecule has 4 heteroatoms. The van der Waals surface area contributed by atoms with E-state index in [0.717, 1.165) is 49.7 Å². The lowest BCUT2D eigenvalue weighted by molar-refractivity contribution is 0.766. The van der Waals surface area contributed by atoms with Crippen molar-refractivity contribution in [2.45, 2.75) is 0 Å². The largest absolute Gasteiger partial charge is 0.264 e. The van der Waals surface area contributed by atoms with Crippen LogP contribution in [0.3, 0.4) is 0 Å². The Balaban J connectivity index is 1.09. The highest BCUT2D eigenvalue weighted by Crippen LogP contribution is 2.45. The third-order valence-corrected chi connectivity index (χ3v) is 10.9. The monoisotopic (exact) mass is 700 g/mol. The first kappa shape index (κ1) is 31.1. The van der Waals surface area contributed by atoms with Crippen LogP contribution in [0.15, 0.2) is 194 Å². The van der Waals surface area contributed by atoms with E-state index in [0.29, 0.717) is 0 Å².